The summed E-state index contributed by atoms with van der Waals surface area (Å²) in [4.78, 5) is 12.1. The van der Waals surface area contributed by atoms with Crippen LogP contribution in [0.2, 0.25) is 0 Å². The number of pyridine rings is 1. The minimum Gasteiger partial charge on any atom is -0.397 e. The summed E-state index contributed by atoms with van der Waals surface area (Å²) in [6, 6.07) is 2.78. The number of nitrogens with two attached hydrogens (primary N) is 1. The molecule has 2 N–H and O–H groups in total. The van der Waals surface area contributed by atoms with Gasteiger partial charge in [0.1, 0.15) is 5.82 Å². The van der Waals surface area contributed by atoms with Crippen molar-refractivity contribution in [2.24, 2.45) is 0 Å². The van der Waals surface area contributed by atoms with Gasteiger partial charge in [0, 0.05) is 45.3 Å². The Balaban J connectivity index is 1.57. The summed E-state index contributed by atoms with van der Waals surface area (Å²) in [6.07, 6.45) is 4.26. The molecule has 0 atom stereocenters. The lowest BCUT2D eigenvalue weighted by atomic mass is 10.0. The molecule has 2 aliphatic heterocycles. The van der Waals surface area contributed by atoms with E-state index in [4.69, 9.17) is 5.73 Å². The second-order valence-corrected chi connectivity index (χ2v) is 6.47. The van der Waals surface area contributed by atoms with Crippen LogP contribution < -0.4 is 10.6 Å². The predicted molar refractivity (Wildman–Crippen MR) is 87.7 cm³/mol. The molecule has 0 saturated carbocycles. The number of likely N-dealkylation sites (N-methyl/N-ethyl adjacent to an activating group) is 1. The van der Waals surface area contributed by atoms with Crippen LogP contribution in [0, 0.1) is 6.92 Å². The molecule has 21 heavy (non-hydrogen) atoms. The van der Waals surface area contributed by atoms with Gasteiger partial charge in [-0.2, -0.15) is 0 Å². The average Bonchev–Trinajstić information content (AvgIpc) is 2.48. The van der Waals surface area contributed by atoms with Gasteiger partial charge in [0.05, 0.1) is 11.9 Å². The Morgan fingerprint density at radius 3 is 2.38 bits per heavy atom. The van der Waals surface area contributed by atoms with E-state index >= 15 is 0 Å². The van der Waals surface area contributed by atoms with Gasteiger partial charge in [-0.25, -0.2) is 4.98 Å². The molecule has 116 valence electrons. The zero-order chi connectivity index (χ0) is 14.8. The molecule has 5 nitrogen and oxygen atoms in total. The molecule has 0 radical (unpaired) electrons. The predicted octanol–water partition coefficient (Wildman–Crippen LogP) is 1.19. The summed E-state index contributed by atoms with van der Waals surface area (Å²) >= 11 is 0. The highest BCUT2D eigenvalue weighted by Crippen LogP contribution is 2.25. The summed E-state index contributed by atoms with van der Waals surface area (Å²) in [5.74, 6) is 1.11. The van der Waals surface area contributed by atoms with E-state index in [1.165, 1.54) is 44.6 Å². The van der Waals surface area contributed by atoms with Crippen molar-refractivity contribution in [2.45, 2.75) is 25.8 Å². The highest BCUT2D eigenvalue weighted by atomic mass is 15.3. The highest BCUT2D eigenvalue weighted by molar-refractivity contribution is 5.52. The number of piperazine rings is 1. The number of piperidine rings is 1. The fourth-order valence-corrected chi connectivity index (χ4v) is 3.55. The number of nitrogen functional groups attached to an aromatic ring is 1. The third-order valence-corrected chi connectivity index (χ3v) is 4.89. The molecule has 0 unspecified atom stereocenters. The fourth-order valence-electron chi connectivity index (χ4n) is 3.55. The first-order chi connectivity index (χ1) is 10.1. The van der Waals surface area contributed by atoms with Gasteiger partial charge in [-0.3, -0.25) is 4.90 Å². The number of anilines is 2. The lowest BCUT2D eigenvalue weighted by molar-refractivity contribution is 0.0981. The SMILES string of the molecule is Cc1cc(N)cnc1N1CCC(N2CCN(C)CC2)CC1. The van der Waals surface area contributed by atoms with Gasteiger partial charge in [-0.15, -0.1) is 0 Å². The van der Waals surface area contributed by atoms with Gasteiger partial charge in [-0.1, -0.05) is 0 Å². The monoisotopic (exact) mass is 289 g/mol. The van der Waals surface area contributed by atoms with Crippen LogP contribution in [0.4, 0.5) is 11.5 Å². The zero-order valence-corrected chi connectivity index (χ0v) is 13.3. The van der Waals surface area contributed by atoms with E-state index in [2.05, 4.69) is 33.7 Å². The van der Waals surface area contributed by atoms with E-state index in [0.29, 0.717) is 0 Å². The average molecular weight is 289 g/mol. The number of aromatic nitrogens is 1. The number of aryl methyl sites for hydroxylation is 1. The van der Waals surface area contributed by atoms with Crippen molar-refractivity contribution in [3.63, 3.8) is 0 Å². The number of nitrogens with zero attached hydrogens (tertiary/aromatic N) is 4. The van der Waals surface area contributed by atoms with Gasteiger partial charge < -0.3 is 15.5 Å². The Hall–Kier alpha value is -1.33. The Bertz CT molecular complexity index is 474. The second kappa shape index (κ2) is 6.20. The third kappa shape index (κ3) is 3.30. The van der Waals surface area contributed by atoms with Crippen molar-refractivity contribution in [3.8, 4) is 0 Å². The number of hydrogen-bond acceptors (Lipinski definition) is 5. The number of rotatable bonds is 2. The van der Waals surface area contributed by atoms with Crippen molar-refractivity contribution in [3.05, 3.63) is 17.8 Å². The molecule has 0 aliphatic carbocycles. The largest absolute Gasteiger partial charge is 0.397 e. The van der Waals surface area contributed by atoms with Crippen LogP contribution in [0.1, 0.15) is 18.4 Å². The van der Waals surface area contributed by atoms with Gasteiger partial charge in [0.15, 0.2) is 0 Å². The third-order valence-electron chi connectivity index (χ3n) is 4.89. The van der Waals surface area contributed by atoms with E-state index < -0.39 is 0 Å². The van der Waals surface area contributed by atoms with Crippen molar-refractivity contribution < 1.29 is 0 Å². The molecule has 0 bridgehead atoms. The van der Waals surface area contributed by atoms with Gasteiger partial charge in [0.2, 0.25) is 0 Å². The Kier molecular flexibility index (Phi) is 4.31. The van der Waals surface area contributed by atoms with Crippen molar-refractivity contribution in [2.75, 3.05) is 56.9 Å². The fraction of sp³-hybridized carbons (Fsp3) is 0.688. The summed E-state index contributed by atoms with van der Waals surface area (Å²) in [5, 5.41) is 0. The zero-order valence-electron chi connectivity index (χ0n) is 13.3. The van der Waals surface area contributed by atoms with Gasteiger partial charge >= 0.3 is 0 Å². The second-order valence-electron chi connectivity index (χ2n) is 6.47. The van der Waals surface area contributed by atoms with Crippen LogP contribution in [0.15, 0.2) is 12.3 Å². The van der Waals surface area contributed by atoms with Crippen LogP contribution in [-0.4, -0.2) is 67.1 Å². The summed E-state index contributed by atoms with van der Waals surface area (Å²) in [6.45, 7) is 9.17. The van der Waals surface area contributed by atoms with E-state index in [-0.39, 0.29) is 0 Å². The standard InChI is InChI=1S/C16H27N5/c1-13-11-14(17)12-18-16(13)21-5-3-15(4-6-21)20-9-7-19(2)8-10-20/h11-12,15H,3-10,17H2,1-2H3. The van der Waals surface area contributed by atoms with Crippen molar-refractivity contribution in [1.29, 1.82) is 0 Å². The first-order valence-electron chi connectivity index (χ1n) is 8.03. The summed E-state index contributed by atoms with van der Waals surface area (Å²) in [7, 11) is 2.22. The maximum Gasteiger partial charge on any atom is 0.131 e. The van der Waals surface area contributed by atoms with Crippen LogP contribution >= 0.6 is 0 Å². The van der Waals surface area contributed by atoms with E-state index in [0.717, 1.165) is 30.6 Å². The summed E-state index contributed by atoms with van der Waals surface area (Å²) in [5.41, 5.74) is 7.74. The molecule has 2 fully saturated rings. The summed E-state index contributed by atoms with van der Waals surface area (Å²) < 4.78 is 0. The van der Waals surface area contributed by atoms with E-state index in [1.54, 1.807) is 6.20 Å². The van der Waals surface area contributed by atoms with E-state index in [1.807, 2.05) is 6.07 Å². The normalized spacial score (nSPS) is 22.7. The molecular formula is C16H27N5. The Morgan fingerprint density at radius 1 is 1.10 bits per heavy atom. The van der Waals surface area contributed by atoms with Crippen LogP contribution in [-0.2, 0) is 0 Å². The molecule has 0 spiro atoms. The molecular weight excluding hydrogens is 262 g/mol. The topological polar surface area (TPSA) is 48.6 Å². The Morgan fingerprint density at radius 2 is 1.76 bits per heavy atom. The minimum atomic E-state index is 0.753. The maximum absolute atomic E-state index is 5.80. The highest BCUT2D eigenvalue weighted by Gasteiger charge is 2.27. The molecule has 0 aromatic carbocycles. The lowest BCUT2D eigenvalue weighted by Crippen LogP contribution is -2.52. The first kappa shape index (κ1) is 14.6. The van der Waals surface area contributed by atoms with Crippen LogP contribution in [0.3, 0.4) is 0 Å². The van der Waals surface area contributed by atoms with Crippen LogP contribution in [0.5, 0.6) is 0 Å². The maximum atomic E-state index is 5.80. The molecule has 3 rings (SSSR count). The molecule has 1 aromatic heterocycles. The smallest absolute Gasteiger partial charge is 0.131 e. The lowest BCUT2D eigenvalue weighted by Gasteiger charge is -2.42. The molecule has 3 heterocycles. The Labute approximate surface area is 127 Å². The van der Waals surface area contributed by atoms with Crippen molar-refractivity contribution >= 4 is 11.5 Å². The minimum absolute atomic E-state index is 0.753. The van der Waals surface area contributed by atoms with E-state index in [9.17, 15) is 0 Å². The van der Waals surface area contributed by atoms with Gasteiger partial charge in [-0.05, 0) is 38.4 Å². The molecule has 1 aromatic rings. The quantitative estimate of drug-likeness (QED) is 0.886. The first-order valence-corrected chi connectivity index (χ1v) is 8.03. The van der Waals surface area contributed by atoms with Crippen molar-refractivity contribution in [1.82, 2.24) is 14.8 Å². The van der Waals surface area contributed by atoms with Crippen LogP contribution in [0.25, 0.3) is 0 Å². The molecule has 2 saturated heterocycles. The van der Waals surface area contributed by atoms with Gasteiger partial charge in [0.25, 0.3) is 0 Å². The number of hydrogen-bond donors (Lipinski definition) is 1. The molecule has 0 amide bonds. The molecule has 2 aliphatic rings. The molecule has 5 heteroatoms.